The highest BCUT2D eigenvalue weighted by Gasteiger charge is 2.15. The molecule has 0 radical (unpaired) electrons. The molecular formula is C15H20O2S2. The van der Waals surface area contributed by atoms with Gasteiger partial charge < -0.3 is 4.74 Å². The van der Waals surface area contributed by atoms with Crippen LogP contribution in [0.25, 0.3) is 0 Å². The third-order valence-corrected chi connectivity index (χ3v) is 5.66. The van der Waals surface area contributed by atoms with Crippen LogP contribution < -0.4 is 0 Å². The van der Waals surface area contributed by atoms with E-state index in [9.17, 15) is 4.79 Å². The summed E-state index contributed by atoms with van der Waals surface area (Å²) in [5, 5.41) is 0.605. The summed E-state index contributed by atoms with van der Waals surface area (Å²) >= 11 is 0. The molecule has 0 amide bonds. The maximum atomic E-state index is 12.0. The standard InChI is InChI=1S/C15H20O2S2/c16-15(17-12-13-6-2-1-3-7-13)9-5-4-8-14-10-11-18-19-14/h1-3,6-7,14H,4-5,8-12H2/i1D,2D,3D,6D,7D,12D2. The van der Waals surface area contributed by atoms with E-state index in [1.54, 1.807) is 0 Å². The van der Waals surface area contributed by atoms with Crippen LogP contribution in [-0.4, -0.2) is 17.0 Å². The van der Waals surface area contributed by atoms with Gasteiger partial charge in [-0.05, 0) is 24.8 Å². The molecule has 0 aliphatic carbocycles. The van der Waals surface area contributed by atoms with E-state index in [1.807, 2.05) is 21.6 Å². The van der Waals surface area contributed by atoms with Crippen LogP contribution in [-0.2, 0) is 16.1 Å². The van der Waals surface area contributed by atoms with Gasteiger partial charge in [0.2, 0.25) is 0 Å². The highest BCUT2D eigenvalue weighted by Crippen LogP contribution is 2.39. The Hall–Kier alpha value is -0.610. The molecule has 1 saturated heterocycles. The predicted octanol–water partition coefficient (Wildman–Crippen LogP) is 4.44. The second-order valence-corrected chi connectivity index (χ2v) is 6.94. The fourth-order valence-corrected chi connectivity index (χ4v) is 4.69. The van der Waals surface area contributed by atoms with Crippen molar-refractivity contribution in [1.29, 1.82) is 0 Å². The van der Waals surface area contributed by atoms with Crippen molar-refractivity contribution >= 4 is 27.6 Å². The minimum atomic E-state index is -2.79. The van der Waals surface area contributed by atoms with E-state index < -0.39 is 48.3 Å². The van der Waals surface area contributed by atoms with Gasteiger partial charge in [-0.2, -0.15) is 0 Å². The Bertz CT molecular complexity index is 649. The smallest absolute Gasteiger partial charge is 0.306 e. The van der Waals surface area contributed by atoms with Crippen LogP contribution in [0.5, 0.6) is 0 Å². The second kappa shape index (κ2) is 8.54. The molecule has 0 saturated carbocycles. The lowest BCUT2D eigenvalue weighted by molar-refractivity contribution is -0.145. The number of hydrogen-bond acceptors (Lipinski definition) is 4. The third kappa shape index (κ3) is 5.91. The first-order valence-electron chi connectivity index (χ1n) is 9.72. The molecule has 19 heavy (non-hydrogen) atoms. The van der Waals surface area contributed by atoms with Crippen molar-refractivity contribution in [3.05, 3.63) is 35.8 Å². The van der Waals surface area contributed by atoms with Gasteiger partial charge in [0.05, 0.1) is 9.60 Å². The topological polar surface area (TPSA) is 26.3 Å². The summed E-state index contributed by atoms with van der Waals surface area (Å²) in [6.07, 6.45) is 3.60. The Morgan fingerprint density at radius 2 is 2.26 bits per heavy atom. The Labute approximate surface area is 132 Å². The SMILES string of the molecule is [2H]c1c([2H])c([2H])c(C([2H])([2H])OC(=O)CCCCC2CCSS2)c([2H])c1[2H]. The largest absolute Gasteiger partial charge is 0.461 e. The van der Waals surface area contributed by atoms with E-state index in [-0.39, 0.29) is 6.42 Å². The Morgan fingerprint density at radius 3 is 3.00 bits per heavy atom. The van der Waals surface area contributed by atoms with E-state index in [1.165, 1.54) is 0 Å². The number of esters is 1. The van der Waals surface area contributed by atoms with Gasteiger partial charge in [0, 0.05) is 17.4 Å². The lowest BCUT2D eigenvalue weighted by Crippen LogP contribution is -2.05. The van der Waals surface area contributed by atoms with E-state index in [4.69, 9.17) is 14.3 Å². The van der Waals surface area contributed by atoms with Gasteiger partial charge in [-0.25, -0.2) is 0 Å². The number of benzene rings is 1. The van der Waals surface area contributed by atoms with Gasteiger partial charge >= 0.3 is 5.97 Å². The van der Waals surface area contributed by atoms with Crippen LogP contribution >= 0.6 is 21.6 Å². The van der Waals surface area contributed by atoms with Gasteiger partial charge in [-0.15, -0.1) is 0 Å². The Kier molecular flexibility index (Phi) is 3.59. The van der Waals surface area contributed by atoms with Gasteiger partial charge in [0.15, 0.2) is 0 Å². The molecule has 1 aliphatic rings. The maximum absolute atomic E-state index is 12.0. The van der Waals surface area contributed by atoms with Gasteiger partial charge in [-0.1, -0.05) is 58.2 Å². The summed E-state index contributed by atoms with van der Waals surface area (Å²) in [6, 6.07) is -3.34. The molecule has 0 spiro atoms. The van der Waals surface area contributed by atoms with Crippen molar-refractivity contribution < 1.29 is 19.1 Å². The molecule has 0 bridgehead atoms. The molecule has 1 aromatic rings. The number of carbonyl (C=O) groups is 1. The quantitative estimate of drug-likeness (QED) is 0.422. The van der Waals surface area contributed by atoms with Crippen LogP contribution in [0.1, 0.15) is 47.3 Å². The molecule has 0 aromatic heterocycles. The lowest BCUT2D eigenvalue weighted by Gasteiger charge is -2.07. The zero-order valence-corrected chi connectivity index (χ0v) is 12.1. The molecule has 1 unspecified atom stereocenters. The molecule has 1 heterocycles. The Morgan fingerprint density at radius 1 is 1.42 bits per heavy atom. The first-order valence-corrected chi connectivity index (χ1v) is 8.61. The zero-order chi connectivity index (χ0) is 19.5. The fourth-order valence-electron chi connectivity index (χ4n) is 1.67. The Balaban J connectivity index is 1.98. The highest BCUT2D eigenvalue weighted by atomic mass is 33.1. The molecule has 4 heteroatoms. The molecule has 1 aromatic carbocycles. The van der Waals surface area contributed by atoms with Crippen molar-refractivity contribution in [2.24, 2.45) is 0 Å². The van der Waals surface area contributed by atoms with Crippen LogP contribution in [0.2, 0.25) is 0 Å². The van der Waals surface area contributed by atoms with E-state index in [0.29, 0.717) is 11.7 Å². The fraction of sp³-hybridized carbons (Fsp3) is 0.533. The van der Waals surface area contributed by atoms with E-state index >= 15 is 0 Å². The van der Waals surface area contributed by atoms with Crippen LogP contribution in [0.4, 0.5) is 0 Å². The second-order valence-electron chi connectivity index (χ2n) is 4.15. The summed E-state index contributed by atoms with van der Waals surface area (Å²) < 4.78 is 59.0. The molecule has 1 fully saturated rings. The van der Waals surface area contributed by atoms with E-state index in [0.717, 1.165) is 25.0 Å². The van der Waals surface area contributed by atoms with Crippen molar-refractivity contribution in [3.8, 4) is 0 Å². The van der Waals surface area contributed by atoms with E-state index in [2.05, 4.69) is 0 Å². The molecule has 2 nitrogen and oxygen atoms in total. The van der Waals surface area contributed by atoms with Crippen LogP contribution in [0.15, 0.2) is 30.2 Å². The zero-order valence-electron chi connectivity index (χ0n) is 17.5. The first-order chi connectivity index (χ1) is 12.1. The summed E-state index contributed by atoms with van der Waals surface area (Å²) in [6.45, 7) is -2.79. The van der Waals surface area contributed by atoms with Crippen molar-refractivity contribution in [3.63, 3.8) is 0 Å². The number of ether oxygens (including phenoxy) is 1. The van der Waals surface area contributed by atoms with Gasteiger partial charge in [0.25, 0.3) is 0 Å². The average molecular weight is 303 g/mol. The average Bonchev–Trinajstić information content (AvgIpc) is 3.08. The van der Waals surface area contributed by atoms with Gasteiger partial charge in [-0.3, -0.25) is 4.79 Å². The highest BCUT2D eigenvalue weighted by molar-refractivity contribution is 8.77. The van der Waals surface area contributed by atoms with Crippen molar-refractivity contribution in [2.45, 2.75) is 43.9 Å². The van der Waals surface area contributed by atoms with Crippen LogP contribution in [0.3, 0.4) is 0 Å². The minimum absolute atomic E-state index is 0.0305. The predicted molar refractivity (Wildman–Crippen MR) is 83.2 cm³/mol. The van der Waals surface area contributed by atoms with Crippen molar-refractivity contribution in [2.75, 3.05) is 5.75 Å². The normalized spacial score (nSPS) is 24.4. The monoisotopic (exact) mass is 303 g/mol. The van der Waals surface area contributed by atoms with Crippen LogP contribution in [0, 0.1) is 0 Å². The number of unbranched alkanes of at least 4 members (excludes halogenated alkanes) is 1. The summed E-state index contributed by atoms with van der Waals surface area (Å²) in [5.41, 5.74) is -0.656. The molecule has 0 N–H and O–H groups in total. The summed E-state index contributed by atoms with van der Waals surface area (Å²) in [7, 11) is 3.72. The molecule has 104 valence electrons. The number of rotatable bonds is 7. The first kappa shape index (κ1) is 7.99. The summed E-state index contributed by atoms with van der Waals surface area (Å²) in [4.78, 5) is 12.0. The molecular weight excluding hydrogens is 276 g/mol. The third-order valence-electron chi connectivity index (χ3n) is 2.65. The lowest BCUT2D eigenvalue weighted by atomic mass is 10.1. The van der Waals surface area contributed by atoms with Crippen molar-refractivity contribution in [1.82, 2.24) is 0 Å². The van der Waals surface area contributed by atoms with Gasteiger partial charge in [0.1, 0.15) is 6.56 Å². The summed E-state index contributed by atoms with van der Waals surface area (Å²) in [5.74, 6) is 0.366. The molecule has 1 aliphatic heterocycles. The molecule has 1 atom stereocenters. The maximum Gasteiger partial charge on any atom is 0.306 e. The number of hydrogen-bond donors (Lipinski definition) is 0. The molecule has 2 rings (SSSR count). The minimum Gasteiger partial charge on any atom is -0.461 e. The number of carbonyl (C=O) groups excluding carboxylic acids is 1.